The summed E-state index contributed by atoms with van der Waals surface area (Å²) >= 11 is 6.90. The average molecular weight is 362 g/mol. The molecule has 1 fully saturated rings. The molecule has 1 atom stereocenters. The van der Waals surface area contributed by atoms with E-state index in [1.165, 1.54) is 0 Å². The van der Waals surface area contributed by atoms with E-state index in [9.17, 15) is 4.79 Å². The maximum absolute atomic E-state index is 11.8. The number of halogens is 2. The molecule has 0 spiro atoms. The Morgan fingerprint density at radius 1 is 1.53 bits per heavy atom. The van der Waals surface area contributed by atoms with Crippen LogP contribution in [-0.4, -0.2) is 17.7 Å². The lowest BCUT2D eigenvalue weighted by Gasteiger charge is -2.10. The fourth-order valence-electron chi connectivity index (χ4n) is 1.76. The molecule has 0 saturated heterocycles. The van der Waals surface area contributed by atoms with E-state index in [1.54, 1.807) is 7.11 Å². The molecular weight excluding hydrogens is 348 g/mol. The van der Waals surface area contributed by atoms with Crippen molar-refractivity contribution >= 4 is 37.6 Å². The molecule has 2 nitrogen and oxygen atoms in total. The predicted molar refractivity (Wildman–Crippen MR) is 74.8 cm³/mol. The molecular formula is C13H14Br2O2. The van der Waals surface area contributed by atoms with Crippen LogP contribution in [0, 0.1) is 5.92 Å². The number of carbonyl (C=O) groups excluding carboxylic acids is 1. The minimum absolute atomic E-state index is 0.0686. The Labute approximate surface area is 118 Å². The fourth-order valence-corrected chi connectivity index (χ4v) is 2.92. The molecule has 1 aromatic carbocycles. The van der Waals surface area contributed by atoms with Gasteiger partial charge in [0.2, 0.25) is 0 Å². The number of hydrogen-bond acceptors (Lipinski definition) is 2. The average Bonchev–Trinajstić information content (AvgIpc) is 3.14. The van der Waals surface area contributed by atoms with Gasteiger partial charge in [0.1, 0.15) is 11.5 Å². The third-order valence-electron chi connectivity index (χ3n) is 2.92. The zero-order chi connectivity index (χ0) is 12.4. The van der Waals surface area contributed by atoms with E-state index < -0.39 is 0 Å². The van der Waals surface area contributed by atoms with Gasteiger partial charge in [-0.1, -0.05) is 22.0 Å². The molecule has 1 aromatic rings. The van der Waals surface area contributed by atoms with Gasteiger partial charge in [-0.3, -0.25) is 4.79 Å². The normalized spacial score (nSPS) is 16.6. The van der Waals surface area contributed by atoms with Gasteiger partial charge in [-0.15, -0.1) is 0 Å². The lowest BCUT2D eigenvalue weighted by atomic mass is 10.1. The van der Waals surface area contributed by atoms with Gasteiger partial charge < -0.3 is 4.74 Å². The van der Waals surface area contributed by atoms with Crippen molar-refractivity contribution in [3.8, 4) is 5.75 Å². The molecule has 0 N–H and O–H groups in total. The molecule has 0 radical (unpaired) electrons. The van der Waals surface area contributed by atoms with Crippen molar-refractivity contribution in [2.24, 2.45) is 5.92 Å². The van der Waals surface area contributed by atoms with E-state index in [-0.39, 0.29) is 4.83 Å². The van der Waals surface area contributed by atoms with Crippen LogP contribution in [0.3, 0.4) is 0 Å². The van der Waals surface area contributed by atoms with E-state index in [0.717, 1.165) is 35.0 Å². The van der Waals surface area contributed by atoms with Crippen LogP contribution in [0.15, 0.2) is 22.7 Å². The Bertz CT molecular complexity index is 427. The number of alkyl halides is 1. The summed E-state index contributed by atoms with van der Waals surface area (Å²) in [5.74, 6) is 1.45. The molecule has 4 heteroatoms. The zero-order valence-corrected chi connectivity index (χ0v) is 12.8. The minimum atomic E-state index is -0.0686. The number of methoxy groups -OCH3 is 1. The SMILES string of the molecule is COc1cc(CC(Br)C(=O)C2CC2)ccc1Br. The van der Waals surface area contributed by atoms with Crippen LogP contribution in [-0.2, 0) is 11.2 Å². The maximum atomic E-state index is 11.8. The first-order valence-corrected chi connectivity index (χ1v) is 7.33. The Hall–Kier alpha value is -0.350. The van der Waals surface area contributed by atoms with E-state index in [1.807, 2.05) is 18.2 Å². The molecule has 0 amide bonds. The highest BCUT2D eigenvalue weighted by Crippen LogP contribution is 2.34. The predicted octanol–water partition coefficient (Wildman–Crippen LogP) is 3.74. The third kappa shape index (κ3) is 3.32. The number of hydrogen-bond donors (Lipinski definition) is 0. The van der Waals surface area contributed by atoms with Crippen molar-refractivity contribution in [1.29, 1.82) is 0 Å². The van der Waals surface area contributed by atoms with Crippen molar-refractivity contribution in [3.05, 3.63) is 28.2 Å². The van der Waals surface area contributed by atoms with Crippen LogP contribution >= 0.6 is 31.9 Å². The molecule has 1 aliphatic carbocycles. The van der Waals surface area contributed by atoms with Gasteiger partial charge >= 0.3 is 0 Å². The molecule has 1 aliphatic rings. The second-order valence-corrected chi connectivity index (χ2v) is 6.28. The number of Topliss-reactive ketones (excluding diaryl/α,β-unsaturated/α-hetero) is 1. The summed E-state index contributed by atoms with van der Waals surface area (Å²) in [6.07, 6.45) is 2.84. The monoisotopic (exact) mass is 360 g/mol. The van der Waals surface area contributed by atoms with Gasteiger partial charge in [0.25, 0.3) is 0 Å². The first-order chi connectivity index (χ1) is 8.11. The highest BCUT2D eigenvalue weighted by Gasteiger charge is 2.33. The summed E-state index contributed by atoms with van der Waals surface area (Å²) in [6.45, 7) is 0. The second-order valence-electron chi connectivity index (χ2n) is 4.32. The molecule has 0 aliphatic heterocycles. The van der Waals surface area contributed by atoms with E-state index in [0.29, 0.717) is 11.7 Å². The van der Waals surface area contributed by atoms with E-state index in [2.05, 4.69) is 31.9 Å². The van der Waals surface area contributed by atoms with Crippen LogP contribution in [0.1, 0.15) is 18.4 Å². The van der Waals surface area contributed by atoms with Gasteiger partial charge in [-0.25, -0.2) is 0 Å². The largest absolute Gasteiger partial charge is 0.496 e. The van der Waals surface area contributed by atoms with Crippen molar-refractivity contribution in [2.45, 2.75) is 24.1 Å². The lowest BCUT2D eigenvalue weighted by molar-refractivity contribution is -0.119. The molecule has 2 rings (SSSR count). The van der Waals surface area contributed by atoms with Gasteiger partial charge in [0.15, 0.2) is 0 Å². The summed E-state index contributed by atoms with van der Waals surface area (Å²) in [6, 6.07) is 5.94. The fraction of sp³-hybridized carbons (Fsp3) is 0.462. The third-order valence-corrected chi connectivity index (χ3v) is 4.35. The summed E-state index contributed by atoms with van der Waals surface area (Å²) in [7, 11) is 1.64. The van der Waals surface area contributed by atoms with Gasteiger partial charge in [0.05, 0.1) is 16.4 Å². The van der Waals surface area contributed by atoms with Crippen LogP contribution in [0.2, 0.25) is 0 Å². The first-order valence-electron chi connectivity index (χ1n) is 5.62. The van der Waals surface area contributed by atoms with Gasteiger partial charge in [-0.05, 0) is 52.9 Å². The number of benzene rings is 1. The molecule has 0 aromatic heterocycles. The highest BCUT2D eigenvalue weighted by atomic mass is 79.9. The number of rotatable bonds is 5. The highest BCUT2D eigenvalue weighted by molar-refractivity contribution is 9.10. The number of ether oxygens (including phenoxy) is 1. The summed E-state index contributed by atoms with van der Waals surface area (Å²) in [5, 5.41) is 0. The molecule has 0 heterocycles. The summed E-state index contributed by atoms with van der Waals surface area (Å²) in [4.78, 5) is 11.8. The Kier molecular flexibility index (Phi) is 4.26. The van der Waals surface area contributed by atoms with E-state index >= 15 is 0 Å². The molecule has 17 heavy (non-hydrogen) atoms. The second kappa shape index (κ2) is 5.53. The van der Waals surface area contributed by atoms with Crippen molar-refractivity contribution in [3.63, 3.8) is 0 Å². The molecule has 92 valence electrons. The molecule has 1 unspecified atom stereocenters. The standard InChI is InChI=1S/C13H14Br2O2/c1-17-12-7-8(2-5-10(12)14)6-11(15)13(16)9-3-4-9/h2,5,7,9,11H,3-4,6H2,1H3. The Morgan fingerprint density at radius 2 is 2.24 bits per heavy atom. The molecule has 1 saturated carbocycles. The summed E-state index contributed by atoms with van der Waals surface area (Å²) in [5.41, 5.74) is 1.11. The Morgan fingerprint density at radius 3 is 2.82 bits per heavy atom. The van der Waals surface area contributed by atoms with Crippen molar-refractivity contribution in [2.75, 3.05) is 7.11 Å². The van der Waals surface area contributed by atoms with Crippen LogP contribution in [0.5, 0.6) is 5.75 Å². The maximum Gasteiger partial charge on any atom is 0.149 e. The van der Waals surface area contributed by atoms with Crippen LogP contribution < -0.4 is 4.74 Å². The quantitative estimate of drug-likeness (QED) is 0.746. The van der Waals surface area contributed by atoms with Crippen LogP contribution in [0.25, 0.3) is 0 Å². The van der Waals surface area contributed by atoms with Crippen LogP contribution in [0.4, 0.5) is 0 Å². The van der Waals surface area contributed by atoms with Crippen molar-refractivity contribution < 1.29 is 9.53 Å². The number of ketones is 1. The Balaban J connectivity index is 2.04. The van der Waals surface area contributed by atoms with E-state index in [4.69, 9.17) is 4.74 Å². The smallest absolute Gasteiger partial charge is 0.149 e. The van der Waals surface area contributed by atoms with Crippen molar-refractivity contribution in [1.82, 2.24) is 0 Å². The zero-order valence-electron chi connectivity index (χ0n) is 9.58. The van der Waals surface area contributed by atoms with Gasteiger partial charge in [0, 0.05) is 5.92 Å². The first kappa shape index (κ1) is 13.1. The molecule has 0 bridgehead atoms. The topological polar surface area (TPSA) is 26.3 Å². The number of carbonyl (C=O) groups is 1. The minimum Gasteiger partial charge on any atom is -0.496 e. The summed E-state index contributed by atoms with van der Waals surface area (Å²) < 4.78 is 6.17. The van der Waals surface area contributed by atoms with Gasteiger partial charge in [-0.2, -0.15) is 0 Å². The lowest BCUT2D eigenvalue weighted by Crippen LogP contribution is -2.18.